The maximum Gasteiger partial charge on any atom is 0.131 e. The maximum absolute atomic E-state index is 14.2. The number of aryl methyl sites for hydroxylation is 1. The van der Waals surface area contributed by atoms with Gasteiger partial charge in [0.25, 0.3) is 0 Å². The number of pyridine rings is 1. The van der Waals surface area contributed by atoms with E-state index < -0.39 is 16.8 Å². The van der Waals surface area contributed by atoms with Crippen LogP contribution in [-0.2, 0) is 11.0 Å². The smallest absolute Gasteiger partial charge is 0.131 e. The van der Waals surface area contributed by atoms with E-state index in [1.54, 1.807) is 19.4 Å². The Morgan fingerprint density at radius 2 is 2.06 bits per heavy atom. The van der Waals surface area contributed by atoms with E-state index in [4.69, 9.17) is 0 Å². The molecule has 0 spiro atoms. The van der Waals surface area contributed by atoms with Gasteiger partial charge >= 0.3 is 0 Å². The quantitative estimate of drug-likeness (QED) is 0.301. The average Bonchev–Trinajstić information content (AvgIpc) is 2.81. The molecule has 0 aliphatic carbocycles. The molecule has 1 saturated heterocycles. The van der Waals surface area contributed by atoms with Gasteiger partial charge in [0, 0.05) is 44.6 Å². The van der Waals surface area contributed by atoms with E-state index >= 15 is 0 Å². The fraction of sp³-hybridized carbons (Fsp3) is 0.577. The van der Waals surface area contributed by atoms with Gasteiger partial charge in [-0.05, 0) is 76.5 Å². The van der Waals surface area contributed by atoms with E-state index in [1.807, 2.05) is 13.0 Å². The first-order valence-corrected chi connectivity index (χ1v) is 13.8. The SMILES string of the molecule is C=C/C(O)=C\C(F)=C(/C)CN1CCC(N(C)CCN(CCC)c2ncc(NS(C)=O)cc2C)CC1. The standard InChI is InChI=1S/C26H42FN5O2S/c1-7-11-32(26-20(3)16-22(18-28-26)29-35(6)34)15-14-30(5)23-9-12-31(13-10-23)19-21(4)25(27)17-24(33)8-2/h8,16-18,23,29,33H,2,7,9-15,19H2,1,3-6H3/b24-17+,25-21-. The van der Waals surface area contributed by atoms with E-state index in [1.165, 1.54) is 6.08 Å². The number of nitrogens with zero attached hydrogens (tertiary/aromatic N) is 4. The van der Waals surface area contributed by atoms with Crippen molar-refractivity contribution in [2.24, 2.45) is 0 Å². The molecule has 1 fully saturated rings. The van der Waals surface area contributed by atoms with Crippen molar-refractivity contribution in [2.45, 2.75) is 46.1 Å². The van der Waals surface area contributed by atoms with Gasteiger partial charge in [-0.25, -0.2) is 13.6 Å². The summed E-state index contributed by atoms with van der Waals surface area (Å²) in [6.07, 6.45) is 8.82. The molecule has 7 nitrogen and oxygen atoms in total. The number of allylic oxidation sites excluding steroid dienone is 3. The topological polar surface area (TPSA) is 71.9 Å². The van der Waals surface area contributed by atoms with Crippen LogP contribution in [0.3, 0.4) is 0 Å². The van der Waals surface area contributed by atoms with E-state index in [9.17, 15) is 13.7 Å². The van der Waals surface area contributed by atoms with Crippen LogP contribution >= 0.6 is 0 Å². The molecule has 9 heteroatoms. The van der Waals surface area contributed by atoms with Crippen LogP contribution < -0.4 is 9.62 Å². The second kappa shape index (κ2) is 14.4. The summed E-state index contributed by atoms with van der Waals surface area (Å²) in [7, 11) is 1.06. The molecule has 0 radical (unpaired) electrons. The van der Waals surface area contributed by atoms with Crippen LogP contribution in [0.25, 0.3) is 0 Å². The molecule has 1 atom stereocenters. The summed E-state index contributed by atoms with van der Waals surface area (Å²) >= 11 is 0. The summed E-state index contributed by atoms with van der Waals surface area (Å²) in [6, 6.07) is 2.49. The number of hydrogen-bond donors (Lipinski definition) is 2. The van der Waals surface area contributed by atoms with Gasteiger partial charge < -0.3 is 19.6 Å². The molecular formula is C26H42FN5O2S. The van der Waals surface area contributed by atoms with Crippen LogP contribution in [0.15, 0.2) is 48.2 Å². The van der Waals surface area contributed by atoms with Crippen molar-refractivity contribution in [2.75, 3.05) is 62.2 Å². The van der Waals surface area contributed by atoms with Crippen molar-refractivity contribution in [3.8, 4) is 0 Å². The molecular weight excluding hydrogens is 465 g/mol. The van der Waals surface area contributed by atoms with Crippen LogP contribution in [0, 0.1) is 6.92 Å². The zero-order valence-corrected chi connectivity index (χ0v) is 22.7. The lowest BCUT2D eigenvalue weighted by Gasteiger charge is -2.38. The van der Waals surface area contributed by atoms with Gasteiger partial charge in [0.1, 0.15) is 28.4 Å². The normalized spacial score (nSPS) is 17.3. The number of likely N-dealkylation sites (N-methyl/N-ethyl adjacent to an activating group) is 1. The van der Waals surface area contributed by atoms with E-state index in [0.717, 1.165) is 75.1 Å². The van der Waals surface area contributed by atoms with Gasteiger partial charge in [0.2, 0.25) is 0 Å². The van der Waals surface area contributed by atoms with Crippen LogP contribution in [-0.4, -0.2) is 82.7 Å². The number of piperidine rings is 1. The summed E-state index contributed by atoms with van der Waals surface area (Å²) in [6.45, 7) is 14.6. The van der Waals surface area contributed by atoms with Crippen LogP contribution in [0.4, 0.5) is 15.9 Å². The van der Waals surface area contributed by atoms with Crippen molar-refractivity contribution >= 4 is 22.5 Å². The summed E-state index contributed by atoms with van der Waals surface area (Å²) in [5.41, 5.74) is 2.46. The third-order valence-corrected chi connectivity index (χ3v) is 6.88. The number of anilines is 2. The van der Waals surface area contributed by atoms with Gasteiger partial charge in [-0.3, -0.25) is 4.90 Å². The predicted octanol–water partition coefficient (Wildman–Crippen LogP) is 4.58. The van der Waals surface area contributed by atoms with E-state index in [0.29, 0.717) is 18.2 Å². The molecule has 35 heavy (non-hydrogen) atoms. The Morgan fingerprint density at radius 1 is 1.37 bits per heavy atom. The number of aliphatic hydroxyl groups is 1. The molecule has 0 aromatic carbocycles. The Kier molecular flexibility index (Phi) is 11.9. The third kappa shape index (κ3) is 9.39. The zero-order valence-electron chi connectivity index (χ0n) is 21.9. The fourth-order valence-corrected chi connectivity index (χ4v) is 4.86. The minimum absolute atomic E-state index is 0.158. The highest BCUT2D eigenvalue weighted by Crippen LogP contribution is 2.22. The predicted molar refractivity (Wildman–Crippen MR) is 146 cm³/mol. The van der Waals surface area contributed by atoms with Crippen LogP contribution in [0.2, 0.25) is 0 Å². The molecule has 196 valence electrons. The van der Waals surface area contributed by atoms with Gasteiger partial charge in [0.05, 0.1) is 11.9 Å². The van der Waals surface area contributed by atoms with Crippen molar-refractivity contribution < 1.29 is 13.7 Å². The van der Waals surface area contributed by atoms with E-state index in [-0.39, 0.29) is 5.76 Å². The lowest BCUT2D eigenvalue weighted by atomic mass is 10.0. The van der Waals surface area contributed by atoms with Crippen LogP contribution in [0.1, 0.15) is 38.7 Å². The Labute approximate surface area is 213 Å². The number of halogens is 1. The molecule has 0 saturated carbocycles. The first kappa shape index (κ1) is 29.0. The highest BCUT2D eigenvalue weighted by Gasteiger charge is 2.23. The summed E-state index contributed by atoms with van der Waals surface area (Å²) in [5, 5.41) is 9.46. The second-order valence-corrected chi connectivity index (χ2v) is 10.4. The highest BCUT2D eigenvalue weighted by atomic mass is 32.2. The third-order valence-electron chi connectivity index (χ3n) is 6.36. The summed E-state index contributed by atoms with van der Waals surface area (Å²) in [4.78, 5) is 11.7. The molecule has 2 rings (SSSR count). The number of likely N-dealkylation sites (tertiary alicyclic amines) is 1. The molecule has 1 unspecified atom stereocenters. The number of nitrogens with one attached hydrogen (secondary N) is 1. The molecule has 1 aromatic rings. The molecule has 2 N–H and O–H groups in total. The number of aromatic nitrogens is 1. The molecule has 0 amide bonds. The maximum atomic E-state index is 14.2. The Balaban J connectivity index is 1.90. The second-order valence-electron chi connectivity index (χ2n) is 9.30. The fourth-order valence-electron chi connectivity index (χ4n) is 4.42. The number of aliphatic hydroxyl groups excluding tert-OH is 1. The van der Waals surface area contributed by atoms with Crippen molar-refractivity contribution in [3.63, 3.8) is 0 Å². The summed E-state index contributed by atoms with van der Waals surface area (Å²) in [5.74, 6) is 0.423. The zero-order chi connectivity index (χ0) is 26.0. The molecule has 0 bridgehead atoms. The Hall–Kier alpha value is -2.23. The summed E-state index contributed by atoms with van der Waals surface area (Å²) < 4.78 is 28.6. The lowest BCUT2D eigenvalue weighted by Crippen LogP contribution is -2.46. The van der Waals surface area contributed by atoms with Gasteiger partial charge in [-0.2, -0.15) is 0 Å². The minimum Gasteiger partial charge on any atom is -0.508 e. The highest BCUT2D eigenvalue weighted by molar-refractivity contribution is 7.85. The molecule has 1 aliphatic heterocycles. The molecule has 2 heterocycles. The van der Waals surface area contributed by atoms with Gasteiger partial charge in [0.15, 0.2) is 0 Å². The van der Waals surface area contributed by atoms with E-state index in [2.05, 4.69) is 45.0 Å². The lowest BCUT2D eigenvalue weighted by molar-refractivity contribution is 0.135. The molecule has 1 aliphatic rings. The van der Waals surface area contributed by atoms with Crippen molar-refractivity contribution in [1.29, 1.82) is 0 Å². The minimum atomic E-state index is -1.12. The first-order chi connectivity index (χ1) is 16.6. The Morgan fingerprint density at radius 3 is 2.63 bits per heavy atom. The average molecular weight is 508 g/mol. The number of rotatable bonds is 13. The number of hydrogen-bond acceptors (Lipinski definition) is 6. The first-order valence-electron chi connectivity index (χ1n) is 12.3. The molecule has 1 aromatic heterocycles. The van der Waals surface area contributed by atoms with Gasteiger partial charge in [-0.15, -0.1) is 0 Å². The Bertz CT molecular complexity index is 928. The van der Waals surface area contributed by atoms with Crippen LogP contribution in [0.5, 0.6) is 0 Å². The van der Waals surface area contributed by atoms with Gasteiger partial charge in [-0.1, -0.05) is 13.5 Å². The largest absolute Gasteiger partial charge is 0.508 e. The van der Waals surface area contributed by atoms with Crippen molar-refractivity contribution in [1.82, 2.24) is 14.8 Å². The monoisotopic (exact) mass is 507 g/mol. The van der Waals surface area contributed by atoms with Crippen molar-refractivity contribution in [3.05, 3.63) is 53.7 Å².